The third kappa shape index (κ3) is 5.33. The van der Waals surface area contributed by atoms with Crippen LogP contribution in [0.15, 0.2) is 18.2 Å². The third-order valence-electron chi connectivity index (χ3n) is 8.22. The van der Waals surface area contributed by atoms with E-state index in [9.17, 15) is 5.11 Å². The van der Waals surface area contributed by atoms with Gasteiger partial charge in [-0.05, 0) is 93.6 Å². The zero-order valence-electron chi connectivity index (χ0n) is 19.2. The monoisotopic (exact) mass is 427 g/mol. The Labute approximate surface area is 188 Å². The highest BCUT2D eigenvalue weighted by molar-refractivity contribution is 5.35. The third-order valence-corrected chi connectivity index (χ3v) is 8.22. The zero-order chi connectivity index (χ0) is 21.0. The molecule has 1 aromatic rings. The Hall–Kier alpha value is -0.980. The number of aryl methyl sites for hydroxylation is 1. The summed E-state index contributed by atoms with van der Waals surface area (Å²) >= 11 is 0. The number of aliphatic hydroxyl groups excluding tert-OH is 1. The van der Waals surface area contributed by atoms with Crippen LogP contribution in [-0.4, -0.2) is 84.9 Å². The molecule has 2 unspecified atom stereocenters. The fourth-order valence-corrected chi connectivity index (χ4v) is 6.28. The number of ether oxygens (including phenoxy) is 1. The van der Waals surface area contributed by atoms with Crippen molar-refractivity contribution in [2.75, 3.05) is 59.0 Å². The van der Waals surface area contributed by atoms with Gasteiger partial charge in [-0.25, -0.2) is 0 Å². The van der Waals surface area contributed by atoms with Crippen molar-refractivity contribution >= 4 is 0 Å². The number of fused-ring (bicyclic) bond motifs is 1. The van der Waals surface area contributed by atoms with Crippen LogP contribution in [0.1, 0.15) is 61.4 Å². The Morgan fingerprint density at radius 1 is 0.935 bits per heavy atom. The molecule has 1 aromatic carbocycles. The zero-order valence-corrected chi connectivity index (χ0v) is 19.2. The van der Waals surface area contributed by atoms with Gasteiger partial charge in [-0.3, -0.25) is 9.80 Å². The molecule has 5 rings (SSSR count). The molecule has 0 aromatic heterocycles. The van der Waals surface area contributed by atoms with Crippen LogP contribution in [0.4, 0.5) is 0 Å². The lowest BCUT2D eigenvalue weighted by molar-refractivity contribution is -0.0138. The summed E-state index contributed by atoms with van der Waals surface area (Å²) in [7, 11) is 0. The lowest BCUT2D eigenvalue weighted by Gasteiger charge is -2.33. The molecule has 3 fully saturated rings. The summed E-state index contributed by atoms with van der Waals surface area (Å²) in [6.45, 7) is 9.85. The summed E-state index contributed by atoms with van der Waals surface area (Å²) in [6.07, 6.45) is 9.64. The number of hydrogen-bond donors (Lipinski definition) is 1. The van der Waals surface area contributed by atoms with Gasteiger partial charge in [0.2, 0.25) is 0 Å². The Balaban J connectivity index is 1.17. The Bertz CT molecular complexity index is 715. The van der Waals surface area contributed by atoms with Gasteiger partial charge in [0.1, 0.15) is 6.23 Å². The van der Waals surface area contributed by atoms with E-state index in [1.807, 2.05) is 0 Å². The van der Waals surface area contributed by atoms with Crippen LogP contribution in [0.2, 0.25) is 0 Å². The average Bonchev–Trinajstić information content (AvgIpc) is 3.50. The SMILES string of the molecule is OC(c1ccc2c(c1)CCC(CCN1CCOCC1)C2)N1CCC[C@H]1CN1CCCC1. The molecule has 0 bridgehead atoms. The number of likely N-dealkylation sites (tertiary alicyclic amines) is 2. The first-order valence-corrected chi connectivity index (χ1v) is 12.8. The number of morpholine rings is 1. The average molecular weight is 428 g/mol. The molecule has 1 N–H and O–H groups in total. The fourth-order valence-electron chi connectivity index (χ4n) is 6.28. The van der Waals surface area contributed by atoms with Gasteiger partial charge in [0, 0.05) is 32.2 Å². The molecule has 172 valence electrons. The summed E-state index contributed by atoms with van der Waals surface area (Å²) in [5, 5.41) is 11.2. The minimum absolute atomic E-state index is 0.445. The first-order valence-electron chi connectivity index (χ1n) is 12.8. The van der Waals surface area contributed by atoms with Gasteiger partial charge >= 0.3 is 0 Å². The maximum absolute atomic E-state index is 11.2. The fraction of sp³-hybridized carbons (Fsp3) is 0.769. The van der Waals surface area contributed by atoms with Crippen LogP contribution in [0.3, 0.4) is 0 Å². The van der Waals surface area contributed by atoms with Crippen molar-refractivity contribution in [3.05, 3.63) is 34.9 Å². The maximum Gasteiger partial charge on any atom is 0.133 e. The predicted octanol–water partition coefficient (Wildman–Crippen LogP) is 3.06. The molecule has 3 heterocycles. The van der Waals surface area contributed by atoms with Gasteiger partial charge in [-0.1, -0.05) is 18.2 Å². The first-order chi connectivity index (χ1) is 15.3. The van der Waals surface area contributed by atoms with E-state index < -0.39 is 6.23 Å². The highest BCUT2D eigenvalue weighted by Crippen LogP contribution is 2.33. The van der Waals surface area contributed by atoms with E-state index >= 15 is 0 Å². The van der Waals surface area contributed by atoms with Crippen LogP contribution >= 0.6 is 0 Å². The molecule has 3 saturated heterocycles. The van der Waals surface area contributed by atoms with Crippen molar-refractivity contribution in [1.82, 2.24) is 14.7 Å². The number of benzene rings is 1. The van der Waals surface area contributed by atoms with Crippen LogP contribution in [0, 0.1) is 5.92 Å². The summed E-state index contributed by atoms with van der Waals surface area (Å²) in [5.74, 6) is 0.801. The van der Waals surface area contributed by atoms with Gasteiger partial charge < -0.3 is 14.7 Å². The molecule has 4 aliphatic rings. The van der Waals surface area contributed by atoms with Gasteiger partial charge in [-0.2, -0.15) is 0 Å². The summed E-state index contributed by atoms with van der Waals surface area (Å²) in [6, 6.07) is 7.36. The minimum Gasteiger partial charge on any atom is -0.379 e. The van der Waals surface area contributed by atoms with Crippen LogP contribution < -0.4 is 0 Å². The summed E-state index contributed by atoms with van der Waals surface area (Å²) in [5.41, 5.74) is 4.11. The second-order valence-corrected chi connectivity index (χ2v) is 10.3. The molecule has 5 nitrogen and oxygen atoms in total. The number of aliphatic hydroxyl groups is 1. The topological polar surface area (TPSA) is 39.2 Å². The Kier molecular flexibility index (Phi) is 7.26. The number of rotatable bonds is 7. The molecule has 31 heavy (non-hydrogen) atoms. The maximum atomic E-state index is 11.2. The van der Waals surface area contributed by atoms with Crippen molar-refractivity contribution < 1.29 is 9.84 Å². The molecule has 0 saturated carbocycles. The standard InChI is InChI=1S/C26H41N3O2/c30-26(29-12-3-4-25(29)20-28-10-1-2-11-28)24-8-7-22-18-21(5-6-23(22)19-24)9-13-27-14-16-31-17-15-27/h7-8,19,21,25-26,30H,1-6,9-18,20H2/t21?,25-,26?/m0/s1. The highest BCUT2D eigenvalue weighted by Gasteiger charge is 2.32. The van der Waals surface area contributed by atoms with E-state index in [0.29, 0.717) is 6.04 Å². The van der Waals surface area contributed by atoms with Crippen molar-refractivity contribution in [1.29, 1.82) is 0 Å². The molecule has 3 aliphatic heterocycles. The van der Waals surface area contributed by atoms with E-state index in [1.165, 1.54) is 82.1 Å². The van der Waals surface area contributed by atoms with E-state index in [0.717, 1.165) is 50.9 Å². The van der Waals surface area contributed by atoms with Crippen molar-refractivity contribution in [3.63, 3.8) is 0 Å². The number of hydrogen-bond acceptors (Lipinski definition) is 5. The quantitative estimate of drug-likeness (QED) is 0.724. The Morgan fingerprint density at radius 2 is 1.77 bits per heavy atom. The lowest BCUT2D eigenvalue weighted by atomic mass is 9.81. The van der Waals surface area contributed by atoms with Gasteiger partial charge in [0.25, 0.3) is 0 Å². The lowest BCUT2D eigenvalue weighted by Crippen LogP contribution is -2.41. The van der Waals surface area contributed by atoms with Crippen molar-refractivity contribution in [2.24, 2.45) is 5.92 Å². The molecule has 0 radical (unpaired) electrons. The molecular weight excluding hydrogens is 386 g/mol. The summed E-state index contributed by atoms with van der Waals surface area (Å²) < 4.78 is 5.48. The van der Waals surface area contributed by atoms with Crippen LogP contribution in [-0.2, 0) is 17.6 Å². The summed E-state index contributed by atoms with van der Waals surface area (Å²) in [4.78, 5) is 7.53. The normalized spacial score (nSPS) is 29.3. The van der Waals surface area contributed by atoms with E-state index in [1.54, 1.807) is 0 Å². The second kappa shape index (κ2) is 10.3. The van der Waals surface area contributed by atoms with E-state index in [-0.39, 0.29) is 0 Å². The van der Waals surface area contributed by atoms with Crippen LogP contribution in [0.5, 0.6) is 0 Å². The Morgan fingerprint density at radius 3 is 2.61 bits per heavy atom. The molecule has 5 heteroatoms. The second-order valence-electron chi connectivity index (χ2n) is 10.3. The van der Waals surface area contributed by atoms with Crippen molar-refractivity contribution in [3.8, 4) is 0 Å². The molecule has 3 atom stereocenters. The largest absolute Gasteiger partial charge is 0.379 e. The number of nitrogens with zero attached hydrogens (tertiary/aromatic N) is 3. The first kappa shape index (κ1) is 21.8. The van der Waals surface area contributed by atoms with Crippen LogP contribution in [0.25, 0.3) is 0 Å². The molecule has 0 spiro atoms. The molecule has 0 amide bonds. The molecule has 1 aliphatic carbocycles. The smallest absolute Gasteiger partial charge is 0.133 e. The van der Waals surface area contributed by atoms with Crippen molar-refractivity contribution in [2.45, 2.75) is 63.6 Å². The van der Waals surface area contributed by atoms with Gasteiger partial charge in [0.15, 0.2) is 0 Å². The minimum atomic E-state index is -0.445. The van der Waals surface area contributed by atoms with Gasteiger partial charge in [0.05, 0.1) is 13.2 Å². The molecular formula is C26H41N3O2. The van der Waals surface area contributed by atoms with E-state index in [2.05, 4.69) is 32.9 Å². The van der Waals surface area contributed by atoms with E-state index in [4.69, 9.17) is 4.74 Å². The predicted molar refractivity (Wildman–Crippen MR) is 124 cm³/mol. The highest BCUT2D eigenvalue weighted by atomic mass is 16.5. The van der Waals surface area contributed by atoms with Gasteiger partial charge in [-0.15, -0.1) is 0 Å².